The fourth-order valence-electron chi connectivity index (χ4n) is 2.33. The van der Waals surface area contributed by atoms with Crippen LogP contribution in [0.2, 0.25) is 0 Å². The van der Waals surface area contributed by atoms with E-state index in [9.17, 15) is 0 Å². The number of benzene rings is 1. The Bertz CT molecular complexity index is 524. The number of nitrogen functional groups attached to an aromatic ring is 1. The number of nitrogens with zero attached hydrogens (tertiary/aromatic N) is 2. The van der Waals surface area contributed by atoms with Gasteiger partial charge in [0.05, 0.1) is 18.8 Å². The van der Waals surface area contributed by atoms with E-state index in [1.807, 2.05) is 10.7 Å². The number of aromatic nitrogens is 2. The molecule has 2 rings (SSSR count). The average Bonchev–Trinajstić information content (AvgIpc) is 2.82. The molecule has 0 saturated heterocycles. The average molecular weight is 274 g/mol. The minimum atomic E-state index is 0.269. The van der Waals surface area contributed by atoms with Crippen LogP contribution in [0.3, 0.4) is 0 Å². The lowest BCUT2D eigenvalue weighted by molar-refractivity contribution is 0.124. The predicted octanol–water partition coefficient (Wildman–Crippen LogP) is 2.44. The topological polar surface area (TPSA) is 79.1 Å². The summed E-state index contributed by atoms with van der Waals surface area (Å²) < 4.78 is 1.85. The third-order valence-electron chi connectivity index (χ3n) is 3.50. The Morgan fingerprint density at radius 1 is 1.30 bits per heavy atom. The van der Waals surface area contributed by atoms with E-state index in [1.165, 1.54) is 5.56 Å². The van der Waals surface area contributed by atoms with Crippen molar-refractivity contribution in [1.29, 1.82) is 0 Å². The van der Waals surface area contributed by atoms with Crippen molar-refractivity contribution in [2.45, 2.75) is 38.8 Å². The zero-order valence-electron chi connectivity index (χ0n) is 11.8. The molecule has 0 fully saturated rings. The van der Waals surface area contributed by atoms with E-state index >= 15 is 0 Å². The molecular formula is C15H22N4O. The van der Waals surface area contributed by atoms with Crippen molar-refractivity contribution in [3.8, 4) is 0 Å². The van der Waals surface area contributed by atoms with Gasteiger partial charge in [0, 0.05) is 5.56 Å². The van der Waals surface area contributed by atoms with Crippen LogP contribution in [0.1, 0.15) is 36.9 Å². The van der Waals surface area contributed by atoms with Crippen LogP contribution in [0.4, 0.5) is 5.82 Å². The van der Waals surface area contributed by atoms with Gasteiger partial charge in [0.15, 0.2) is 0 Å². The van der Waals surface area contributed by atoms with E-state index in [0.29, 0.717) is 12.4 Å². The standard InChI is InChI=1S/C15H22N4O/c1-12(6-5-9-13-7-3-2-4-8-13)19-15(16)14(10-18-19)11-20-17/h2-4,7-8,10,12H,5-6,9,11,16-17H2,1H3. The van der Waals surface area contributed by atoms with Crippen molar-refractivity contribution in [2.24, 2.45) is 5.90 Å². The first kappa shape index (κ1) is 14.6. The fourth-order valence-corrected chi connectivity index (χ4v) is 2.33. The van der Waals surface area contributed by atoms with Crippen molar-refractivity contribution in [3.05, 3.63) is 47.7 Å². The quantitative estimate of drug-likeness (QED) is 0.760. The molecule has 0 aliphatic carbocycles. The van der Waals surface area contributed by atoms with E-state index in [1.54, 1.807) is 6.20 Å². The molecule has 1 atom stereocenters. The van der Waals surface area contributed by atoms with E-state index in [4.69, 9.17) is 11.6 Å². The molecule has 0 bridgehead atoms. The molecule has 1 aromatic heterocycles. The molecule has 20 heavy (non-hydrogen) atoms. The van der Waals surface area contributed by atoms with Gasteiger partial charge in [-0.05, 0) is 31.7 Å². The molecule has 1 aromatic carbocycles. The number of anilines is 1. The summed E-state index contributed by atoms with van der Waals surface area (Å²) in [5.74, 6) is 5.71. The predicted molar refractivity (Wildman–Crippen MR) is 79.7 cm³/mol. The molecule has 5 nitrogen and oxygen atoms in total. The normalized spacial score (nSPS) is 12.5. The van der Waals surface area contributed by atoms with Crippen molar-refractivity contribution < 1.29 is 4.84 Å². The van der Waals surface area contributed by atoms with Gasteiger partial charge >= 0.3 is 0 Å². The summed E-state index contributed by atoms with van der Waals surface area (Å²) in [6.07, 6.45) is 4.93. The van der Waals surface area contributed by atoms with E-state index < -0.39 is 0 Å². The van der Waals surface area contributed by atoms with E-state index in [2.05, 4.69) is 41.1 Å². The Kier molecular flexibility index (Phi) is 5.15. The second-order valence-corrected chi connectivity index (χ2v) is 5.04. The number of hydrogen-bond acceptors (Lipinski definition) is 4. The monoisotopic (exact) mass is 274 g/mol. The van der Waals surface area contributed by atoms with Gasteiger partial charge in [0.1, 0.15) is 5.82 Å². The number of aryl methyl sites for hydroxylation is 1. The Labute approximate surface area is 119 Å². The lowest BCUT2D eigenvalue weighted by atomic mass is 10.1. The highest BCUT2D eigenvalue weighted by atomic mass is 16.6. The van der Waals surface area contributed by atoms with Gasteiger partial charge in [-0.1, -0.05) is 30.3 Å². The molecule has 0 aliphatic rings. The number of hydrogen-bond donors (Lipinski definition) is 2. The molecule has 5 heteroatoms. The number of rotatable bonds is 7. The van der Waals surface area contributed by atoms with Crippen LogP contribution in [0.5, 0.6) is 0 Å². The van der Waals surface area contributed by atoms with Gasteiger partial charge in [-0.25, -0.2) is 10.6 Å². The third-order valence-corrected chi connectivity index (χ3v) is 3.50. The van der Waals surface area contributed by atoms with Gasteiger partial charge in [-0.15, -0.1) is 0 Å². The molecule has 1 unspecified atom stereocenters. The Balaban J connectivity index is 1.87. The maximum Gasteiger partial charge on any atom is 0.127 e. The lowest BCUT2D eigenvalue weighted by Gasteiger charge is -2.14. The van der Waals surface area contributed by atoms with E-state index in [-0.39, 0.29) is 6.04 Å². The second kappa shape index (κ2) is 7.07. The molecule has 0 saturated carbocycles. The molecular weight excluding hydrogens is 252 g/mol. The van der Waals surface area contributed by atoms with Crippen molar-refractivity contribution >= 4 is 5.82 Å². The highest BCUT2D eigenvalue weighted by Gasteiger charge is 2.12. The maximum atomic E-state index is 6.04. The minimum absolute atomic E-state index is 0.269. The van der Waals surface area contributed by atoms with Gasteiger partial charge in [0.25, 0.3) is 0 Å². The maximum absolute atomic E-state index is 6.04. The van der Waals surface area contributed by atoms with Crippen LogP contribution in [-0.4, -0.2) is 9.78 Å². The third kappa shape index (κ3) is 3.59. The van der Waals surface area contributed by atoms with Crippen molar-refractivity contribution in [2.75, 3.05) is 5.73 Å². The van der Waals surface area contributed by atoms with Gasteiger partial charge in [-0.3, -0.25) is 4.84 Å². The summed E-state index contributed by atoms with van der Waals surface area (Å²) in [4.78, 5) is 4.61. The van der Waals surface area contributed by atoms with Crippen LogP contribution in [-0.2, 0) is 17.9 Å². The highest BCUT2D eigenvalue weighted by molar-refractivity contribution is 5.38. The Morgan fingerprint density at radius 2 is 2.05 bits per heavy atom. The van der Waals surface area contributed by atoms with Gasteiger partial charge in [0.2, 0.25) is 0 Å². The van der Waals surface area contributed by atoms with Crippen LogP contribution in [0, 0.1) is 0 Å². The highest BCUT2D eigenvalue weighted by Crippen LogP contribution is 2.21. The Morgan fingerprint density at radius 3 is 2.75 bits per heavy atom. The summed E-state index contributed by atoms with van der Waals surface area (Å²) in [7, 11) is 0. The molecule has 108 valence electrons. The smallest absolute Gasteiger partial charge is 0.127 e. The summed E-state index contributed by atoms with van der Waals surface area (Å²) in [5, 5.41) is 4.32. The van der Waals surface area contributed by atoms with Crippen LogP contribution < -0.4 is 11.6 Å². The second-order valence-electron chi connectivity index (χ2n) is 5.04. The zero-order chi connectivity index (χ0) is 14.4. The van der Waals surface area contributed by atoms with Gasteiger partial charge in [-0.2, -0.15) is 5.10 Å². The molecule has 1 heterocycles. The molecule has 0 aliphatic heterocycles. The van der Waals surface area contributed by atoms with Crippen LogP contribution in [0.15, 0.2) is 36.5 Å². The van der Waals surface area contributed by atoms with Crippen LogP contribution in [0.25, 0.3) is 0 Å². The van der Waals surface area contributed by atoms with Gasteiger partial charge < -0.3 is 5.73 Å². The molecule has 0 spiro atoms. The van der Waals surface area contributed by atoms with Crippen molar-refractivity contribution in [1.82, 2.24) is 9.78 Å². The van der Waals surface area contributed by atoms with E-state index in [0.717, 1.165) is 24.8 Å². The first-order chi connectivity index (χ1) is 9.72. The molecule has 2 aromatic rings. The minimum Gasteiger partial charge on any atom is -0.384 e. The molecule has 0 amide bonds. The lowest BCUT2D eigenvalue weighted by Crippen LogP contribution is -2.11. The van der Waals surface area contributed by atoms with Crippen molar-refractivity contribution in [3.63, 3.8) is 0 Å². The summed E-state index contributed by atoms with van der Waals surface area (Å²) >= 11 is 0. The first-order valence-corrected chi connectivity index (χ1v) is 6.90. The van der Waals surface area contributed by atoms with Crippen LogP contribution >= 0.6 is 0 Å². The summed E-state index contributed by atoms with van der Waals surface area (Å²) in [6, 6.07) is 10.8. The molecule has 0 radical (unpaired) electrons. The summed E-state index contributed by atoms with van der Waals surface area (Å²) in [6.45, 7) is 2.42. The summed E-state index contributed by atoms with van der Waals surface area (Å²) in [5.41, 5.74) is 8.24. The Hall–Kier alpha value is -1.85. The SMILES string of the molecule is CC(CCCc1ccccc1)n1ncc(CON)c1N. The first-order valence-electron chi connectivity index (χ1n) is 6.90. The number of nitrogens with two attached hydrogens (primary N) is 2. The largest absolute Gasteiger partial charge is 0.384 e. The molecule has 4 N–H and O–H groups in total. The zero-order valence-corrected chi connectivity index (χ0v) is 11.8. The fraction of sp³-hybridized carbons (Fsp3) is 0.400.